The molecule has 112 valence electrons. The normalized spacial score (nSPS) is 28.1. The molecule has 5 heteroatoms. The highest BCUT2D eigenvalue weighted by Crippen LogP contribution is 2.42. The minimum absolute atomic E-state index is 0.0285. The molecule has 20 heavy (non-hydrogen) atoms. The molecular formula is C15H24N2O2S. The van der Waals surface area contributed by atoms with Crippen LogP contribution in [0.2, 0.25) is 0 Å². The van der Waals surface area contributed by atoms with Gasteiger partial charge in [-0.25, -0.2) is 0 Å². The van der Waals surface area contributed by atoms with Crippen molar-refractivity contribution in [2.45, 2.75) is 61.7 Å². The van der Waals surface area contributed by atoms with E-state index >= 15 is 0 Å². The summed E-state index contributed by atoms with van der Waals surface area (Å²) < 4.78 is 0.188. The van der Waals surface area contributed by atoms with E-state index in [1.54, 1.807) is 0 Å². The molecule has 2 amide bonds. The van der Waals surface area contributed by atoms with Gasteiger partial charge in [0.1, 0.15) is 5.54 Å². The Bertz CT molecular complexity index is 412. The third kappa shape index (κ3) is 2.34. The predicted molar refractivity (Wildman–Crippen MR) is 80.6 cm³/mol. The first kappa shape index (κ1) is 14.2. The third-order valence-electron chi connectivity index (χ3n) is 5.29. The number of nitrogens with one attached hydrogen (secondary N) is 1. The lowest BCUT2D eigenvalue weighted by molar-refractivity contribution is -0.150. The maximum atomic E-state index is 12.8. The molecular weight excluding hydrogens is 272 g/mol. The van der Waals surface area contributed by atoms with Crippen LogP contribution in [0.4, 0.5) is 0 Å². The highest BCUT2D eigenvalue weighted by atomic mass is 32.2. The van der Waals surface area contributed by atoms with Gasteiger partial charge >= 0.3 is 0 Å². The van der Waals surface area contributed by atoms with Gasteiger partial charge in [0.2, 0.25) is 11.8 Å². The monoisotopic (exact) mass is 296 g/mol. The van der Waals surface area contributed by atoms with Crippen molar-refractivity contribution >= 4 is 23.6 Å². The van der Waals surface area contributed by atoms with E-state index in [9.17, 15) is 9.59 Å². The van der Waals surface area contributed by atoms with Crippen LogP contribution in [0.3, 0.4) is 0 Å². The second-order valence-corrected chi connectivity index (χ2v) is 7.87. The topological polar surface area (TPSA) is 49.4 Å². The summed E-state index contributed by atoms with van der Waals surface area (Å²) in [5.74, 6) is 0.204. The summed E-state index contributed by atoms with van der Waals surface area (Å²) in [7, 11) is 0. The van der Waals surface area contributed by atoms with Gasteiger partial charge in [0.05, 0.1) is 6.54 Å². The molecule has 0 atom stereocenters. The van der Waals surface area contributed by atoms with Gasteiger partial charge in [-0.05, 0) is 31.9 Å². The highest BCUT2D eigenvalue weighted by Gasteiger charge is 2.50. The molecule has 1 heterocycles. The SMILES string of the molecule is CSC1(CN2CC(=O)NC3(CCCC3)C2=O)CCCC1. The summed E-state index contributed by atoms with van der Waals surface area (Å²) in [4.78, 5) is 26.7. The Hall–Kier alpha value is -0.710. The van der Waals surface area contributed by atoms with Crippen LogP contribution in [-0.2, 0) is 9.59 Å². The van der Waals surface area contributed by atoms with Crippen LogP contribution in [0.5, 0.6) is 0 Å². The first-order valence-electron chi connectivity index (χ1n) is 7.75. The molecule has 0 aromatic heterocycles. The average Bonchev–Trinajstić information content (AvgIpc) is 3.06. The van der Waals surface area contributed by atoms with Gasteiger partial charge in [0, 0.05) is 11.3 Å². The molecule has 2 aliphatic carbocycles. The smallest absolute Gasteiger partial charge is 0.248 e. The fraction of sp³-hybridized carbons (Fsp3) is 0.867. The fourth-order valence-corrected chi connectivity index (χ4v) is 5.13. The van der Waals surface area contributed by atoms with Gasteiger partial charge in [-0.3, -0.25) is 9.59 Å². The maximum Gasteiger partial charge on any atom is 0.248 e. The lowest BCUT2D eigenvalue weighted by atomic mass is 9.92. The largest absolute Gasteiger partial charge is 0.340 e. The van der Waals surface area contributed by atoms with Crippen LogP contribution in [0.1, 0.15) is 51.4 Å². The van der Waals surface area contributed by atoms with Crippen molar-refractivity contribution in [1.82, 2.24) is 10.2 Å². The van der Waals surface area contributed by atoms with Gasteiger partial charge in [-0.1, -0.05) is 25.7 Å². The van der Waals surface area contributed by atoms with E-state index < -0.39 is 5.54 Å². The molecule has 0 aromatic rings. The molecule has 1 N–H and O–H groups in total. The van der Waals surface area contributed by atoms with E-state index in [0.29, 0.717) is 0 Å². The maximum absolute atomic E-state index is 12.8. The minimum Gasteiger partial charge on any atom is -0.340 e. The van der Waals surface area contributed by atoms with Crippen LogP contribution in [0.25, 0.3) is 0 Å². The van der Waals surface area contributed by atoms with E-state index in [1.165, 1.54) is 25.7 Å². The van der Waals surface area contributed by atoms with Crippen molar-refractivity contribution in [3.05, 3.63) is 0 Å². The summed E-state index contributed by atoms with van der Waals surface area (Å²) in [6.07, 6.45) is 10.7. The summed E-state index contributed by atoms with van der Waals surface area (Å²) in [5, 5.41) is 2.99. The number of rotatable bonds is 3. The highest BCUT2D eigenvalue weighted by molar-refractivity contribution is 8.00. The summed E-state index contributed by atoms with van der Waals surface area (Å²) >= 11 is 1.88. The fourth-order valence-electron chi connectivity index (χ4n) is 4.15. The van der Waals surface area contributed by atoms with Gasteiger partial charge in [0.15, 0.2) is 0 Å². The van der Waals surface area contributed by atoms with Crippen molar-refractivity contribution in [2.24, 2.45) is 0 Å². The predicted octanol–water partition coefficient (Wildman–Crippen LogP) is 1.93. The van der Waals surface area contributed by atoms with E-state index in [2.05, 4.69) is 11.6 Å². The number of thioether (sulfide) groups is 1. The number of carbonyl (C=O) groups excluding carboxylic acids is 2. The van der Waals surface area contributed by atoms with E-state index in [1.807, 2.05) is 16.7 Å². The lowest BCUT2D eigenvalue weighted by Crippen LogP contribution is -2.66. The average molecular weight is 296 g/mol. The Morgan fingerprint density at radius 1 is 1.10 bits per heavy atom. The van der Waals surface area contributed by atoms with Crippen molar-refractivity contribution in [3.8, 4) is 0 Å². The zero-order valence-corrected chi connectivity index (χ0v) is 13.1. The van der Waals surface area contributed by atoms with E-state index in [0.717, 1.165) is 32.2 Å². The van der Waals surface area contributed by atoms with Crippen molar-refractivity contribution in [1.29, 1.82) is 0 Å². The van der Waals surface area contributed by atoms with Crippen LogP contribution in [0, 0.1) is 0 Å². The summed E-state index contributed by atoms with van der Waals surface area (Å²) in [6.45, 7) is 1.01. The molecule has 1 spiro atoms. The Kier molecular flexibility index (Phi) is 3.73. The zero-order valence-electron chi connectivity index (χ0n) is 12.2. The molecule has 0 radical (unpaired) electrons. The molecule has 0 bridgehead atoms. The standard InChI is InChI=1S/C15H24N2O2S/c1-20-14(6-2-3-7-14)11-17-10-12(18)16-15(13(17)19)8-4-5-9-15/h2-11H2,1H3,(H,16,18). The lowest BCUT2D eigenvalue weighted by Gasteiger charge is -2.43. The molecule has 3 rings (SSSR count). The number of piperazine rings is 1. The molecule has 1 saturated heterocycles. The zero-order chi connectivity index (χ0) is 14.2. The number of hydrogen-bond acceptors (Lipinski definition) is 3. The quantitative estimate of drug-likeness (QED) is 0.866. The van der Waals surface area contributed by atoms with Crippen LogP contribution >= 0.6 is 11.8 Å². The molecule has 3 fully saturated rings. The van der Waals surface area contributed by atoms with Gasteiger partial charge in [0.25, 0.3) is 0 Å². The number of amides is 2. The molecule has 1 aliphatic heterocycles. The van der Waals surface area contributed by atoms with Crippen LogP contribution < -0.4 is 5.32 Å². The van der Waals surface area contributed by atoms with Gasteiger partial charge in [-0.15, -0.1) is 0 Å². The first-order valence-corrected chi connectivity index (χ1v) is 8.97. The van der Waals surface area contributed by atoms with E-state index in [4.69, 9.17) is 0 Å². The van der Waals surface area contributed by atoms with Crippen LogP contribution in [-0.4, -0.2) is 46.3 Å². The molecule has 3 aliphatic rings. The first-order chi connectivity index (χ1) is 9.59. The number of carbonyl (C=O) groups is 2. The van der Waals surface area contributed by atoms with Crippen molar-refractivity contribution < 1.29 is 9.59 Å². The Balaban J connectivity index is 1.78. The number of nitrogens with zero attached hydrogens (tertiary/aromatic N) is 1. The Morgan fingerprint density at radius 2 is 1.70 bits per heavy atom. The van der Waals surface area contributed by atoms with E-state index in [-0.39, 0.29) is 23.1 Å². The van der Waals surface area contributed by atoms with Crippen LogP contribution in [0.15, 0.2) is 0 Å². The minimum atomic E-state index is -0.562. The molecule has 4 nitrogen and oxygen atoms in total. The Labute approximate surface area is 125 Å². The molecule has 0 aromatic carbocycles. The van der Waals surface area contributed by atoms with Gasteiger partial charge in [-0.2, -0.15) is 11.8 Å². The molecule has 2 saturated carbocycles. The number of hydrogen-bond donors (Lipinski definition) is 1. The second-order valence-electron chi connectivity index (χ2n) is 6.59. The third-order valence-corrected chi connectivity index (χ3v) is 6.70. The molecule has 0 unspecified atom stereocenters. The second kappa shape index (κ2) is 5.24. The van der Waals surface area contributed by atoms with Crippen molar-refractivity contribution in [3.63, 3.8) is 0 Å². The summed E-state index contributed by atoms with van der Waals surface area (Å²) in [5.41, 5.74) is -0.562. The Morgan fingerprint density at radius 3 is 2.30 bits per heavy atom. The summed E-state index contributed by atoms with van der Waals surface area (Å²) in [6, 6.07) is 0. The van der Waals surface area contributed by atoms with Gasteiger partial charge < -0.3 is 10.2 Å². The van der Waals surface area contributed by atoms with Crippen molar-refractivity contribution in [2.75, 3.05) is 19.3 Å².